The van der Waals surface area contributed by atoms with Crippen LogP contribution in [0.1, 0.15) is 71.6 Å². The van der Waals surface area contributed by atoms with Crippen LogP contribution in [0.2, 0.25) is 0 Å². The molecule has 0 aromatic heterocycles. The molecule has 0 saturated heterocycles. The number of hydrogen-bond acceptors (Lipinski definition) is 2. The standard InChI is InChI=1S/C21H32O2/c1-4-21(23)12-11-19(2)14(13-21)5-6-15-16-7-8-18(22)20(16,3)10-9-17(15)19/h1,14-18,22-23H,5-13H2,2-3H3/t14-,15-,16-,17-,18+,19-,20-,21-/m0/s1. The van der Waals surface area contributed by atoms with Crippen LogP contribution in [0, 0.1) is 46.8 Å². The van der Waals surface area contributed by atoms with Crippen LogP contribution in [0.25, 0.3) is 0 Å². The summed E-state index contributed by atoms with van der Waals surface area (Å²) < 4.78 is 0. The summed E-state index contributed by atoms with van der Waals surface area (Å²) in [5, 5.41) is 21.1. The van der Waals surface area contributed by atoms with Gasteiger partial charge in [0.2, 0.25) is 0 Å². The van der Waals surface area contributed by atoms with Crippen LogP contribution in [-0.4, -0.2) is 21.9 Å². The van der Waals surface area contributed by atoms with Gasteiger partial charge in [0.25, 0.3) is 0 Å². The van der Waals surface area contributed by atoms with Gasteiger partial charge in [-0.2, -0.15) is 0 Å². The van der Waals surface area contributed by atoms with Crippen LogP contribution in [0.3, 0.4) is 0 Å². The summed E-state index contributed by atoms with van der Waals surface area (Å²) >= 11 is 0. The highest BCUT2D eigenvalue weighted by Crippen LogP contribution is 2.66. The average Bonchev–Trinajstić information content (AvgIpc) is 2.84. The first kappa shape index (κ1) is 16.0. The fourth-order valence-electron chi connectivity index (χ4n) is 7.35. The second-order valence-electron chi connectivity index (χ2n) is 9.67. The predicted octanol–water partition coefficient (Wildman–Crippen LogP) is 3.75. The third kappa shape index (κ3) is 2.09. The lowest BCUT2D eigenvalue weighted by Gasteiger charge is -2.61. The fraction of sp³-hybridized carbons (Fsp3) is 0.905. The molecule has 4 aliphatic rings. The van der Waals surface area contributed by atoms with E-state index in [1.165, 1.54) is 32.1 Å². The monoisotopic (exact) mass is 316 g/mol. The second kappa shape index (κ2) is 4.99. The van der Waals surface area contributed by atoms with Crippen LogP contribution < -0.4 is 0 Å². The molecule has 2 heteroatoms. The van der Waals surface area contributed by atoms with Gasteiger partial charge in [0, 0.05) is 0 Å². The first-order valence-corrected chi connectivity index (χ1v) is 9.71. The quantitative estimate of drug-likeness (QED) is 0.668. The Hall–Kier alpha value is -0.520. The minimum absolute atomic E-state index is 0.0862. The summed E-state index contributed by atoms with van der Waals surface area (Å²) in [6, 6.07) is 0. The highest BCUT2D eigenvalue weighted by atomic mass is 16.3. The number of hydrogen-bond donors (Lipinski definition) is 2. The zero-order valence-electron chi connectivity index (χ0n) is 14.7. The van der Waals surface area contributed by atoms with Crippen molar-refractivity contribution in [1.82, 2.24) is 0 Å². The molecule has 0 aromatic carbocycles. The molecule has 0 aromatic rings. The first-order chi connectivity index (χ1) is 10.8. The van der Waals surface area contributed by atoms with E-state index >= 15 is 0 Å². The van der Waals surface area contributed by atoms with Gasteiger partial charge in [0.05, 0.1) is 6.10 Å². The molecule has 0 heterocycles. The van der Waals surface area contributed by atoms with Gasteiger partial charge in [-0.25, -0.2) is 0 Å². The van der Waals surface area contributed by atoms with Gasteiger partial charge < -0.3 is 10.2 Å². The van der Waals surface area contributed by atoms with Gasteiger partial charge in [0.15, 0.2) is 0 Å². The van der Waals surface area contributed by atoms with Crippen molar-refractivity contribution in [2.75, 3.05) is 0 Å². The fourth-order valence-corrected chi connectivity index (χ4v) is 7.35. The zero-order valence-corrected chi connectivity index (χ0v) is 14.7. The lowest BCUT2D eigenvalue weighted by Crippen LogP contribution is -2.56. The van der Waals surface area contributed by atoms with Crippen LogP contribution in [0.15, 0.2) is 0 Å². The number of aliphatic hydroxyl groups is 2. The van der Waals surface area contributed by atoms with Crippen LogP contribution in [0.4, 0.5) is 0 Å². The van der Waals surface area contributed by atoms with Gasteiger partial charge in [-0.05, 0) is 92.3 Å². The molecule has 2 N–H and O–H groups in total. The Bertz CT molecular complexity index is 536. The van der Waals surface area contributed by atoms with Crippen molar-refractivity contribution < 1.29 is 10.2 Å². The topological polar surface area (TPSA) is 40.5 Å². The van der Waals surface area contributed by atoms with Crippen molar-refractivity contribution in [1.29, 1.82) is 0 Å². The van der Waals surface area contributed by atoms with E-state index in [4.69, 9.17) is 6.42 Å². The smallest absolute Gasteiger partial charge is 0.125 e. The summed E-state index contributed by atoms with van der Waals surface area (Å²) in [5.74, 6) is 5.51. The summed E-state index contributed by atoms with van der Waals surface area (Å²) in [7, 11) is 0. The van der Waals surface area contributed by atoms with Crippen molar-refractivity contribution in [3.63, 3.8) is 0 Å². The summed E-state index contributed by atoms with van der Waals surface area (Å²) in [6.45, 7) is 4.83. The minimum Gasteiger partial charge on any atom is -0.393 e. The highest BCUT2D eigenvalue weighted by Gasteiger charge is 2.60. The van der Waals surface area contributed by atoms with Crippen molar-refractivity contribution in [3.8, 4) is 12.3 Å². The van der Waals surface area contributed by atoms with E-state index in [-0.39, 0.29) is 11.5 Å². The Morgan fingerprint density at radius 1 is 0.913 bits per heavy atom. The maximum absolute atomic E-state index is 10.6. The van der Waals surface area contributed by atoms with Crippen molar-refractivity contribution in [2.45, 2.75) is 83.3 Å². The molecule has 0 radical (unpaired) electrons. The van der Waals surface area contributed by atoms with Gasteiger partial charge in [-0.1, -0.05) is 19.8 Å². The average molecular weight is 316 g/mol. The maximum atomic E-state index is 10.6. The van der Waals surface area contributed by atoms with Gasteiger partial charge in [-0.3, -0.25) is 0 Å². The van der Waals surface area contributed by atoms with E-state index in [1.54, 1.807) is 0 Å². The van der Waals surface area contributed by atoms with Crippen LogP contribution in [-0.2, 0) is 0 Å². The third-order valence-corrected chi connectivity index (χ3v) is 8.95. The van der Waals surface area contributed by atoms with Crippen LogP contribution >= 0.6 is 0 Å². The highest BCUT2D eigenvalue weighted by molar-refractivity contribution is 5.16. The molecule has 0 spiro atoms. The van der Waals surface area contributed by atoms with E-state index in [2.05, 4.69) is 19.8 Å². The molecule has 2 nitrogen and oxygen atoms in total. The van der Waals surface area contributed by atoms with Crippen molar-refractivity contribution >= 4 is 0 Å². The SMILES string of the molecule is C#C[C@]1(O)CC[C@@]2(C)[C@@H](CC[C@@H]3[C@@H]2CC[C@]2(C)[C@H](O)CC[C@@H]32)C1. The summed E-state index contributed by atoms with van der Waals surface area (Å²) in [6.07, 6.45) is 15.3. The second-order valence-corrected chi connectivity index (χ2v) is 9.67. The molecule has 4 fully saturated rings. The van der Waals surface area contributed by atoms with E-state index in [9.17, 15) is 10.2 Å². The van der Waals surface area contributed by atoms with Gasteiger partial charge in [-0.15, -0.1) is 6.42 Å². The van der Waals surface area contributed by atoms with Crippen LogP contribution in [0.5, 0.6) is 0 Å². The molecular weight excluding hydrogens is 284 g/mol. The molecule has 0 aliphatic heterocycles. The molecule has 0 bridgehead atoms. The van der Waals surface area contributed by atoms with Gasteiger partial charge in [0.1, 0.15) is 5.60 Å². The lowest BCUT2D eigenvalue weighted by atomic mass is 9.44. The van der Waals surface area contributed by atoms with E-state index in [1.807, 2.05) is 0 Å². The molecule has 4 aliphatic carbocycles. The Balaban J connectivity index is 1.61. The zero-order chi connectivity index (χ0) is 16.5. The molecule has 0 unspecified atom stereocenters. The first-order valence-electron chi connectivity index (χ1n) is 9.71. The largest absolute Gasteiger partial charge is 0.393 e. The Morgan fingerprint density at radius 3 is 2.39 bits per heavy atom. The van der Waals surface area contributed by atoms with E-state index in [0.717, 1.165) is 37.5 Å². The maximum Gasteiger partial charge on any atom is 0.125 e. The molecule has 4 saturated carbocycles. The Morgan fingerprint density at radius 2 is 1.65 bits per heavy atom. The number of fused-ring (bicyclic) bond motifs is 5. The van der Waals surface area contributed by atoms with E-state index < -0.39 is 5.60 Å². The molecule has 8 atom stereocenters. The molecule has 4 rings (SSSR count). The van der Waals surface area contributed by atoms with Gasteiger partial charge >= 0.3 is 0 Å². The Labute approximate surface area is 141 Å². The molecule has 0 amide bonds. The Kier molecular flexibility index (Phi) is 3.47. The summed E-state index contributed by atoms with van der Waals surface area (Å²) in [4.78, 5) is 0. The molecular formula is C21H32O2. The molecule has 23 heavy (non-hydrogen) atoms. The number of aliphatic hydroxyl groups excluding tert-OH is 1. The summed E-state index contributed by atoms with van der Waals surface area (Å²) in [5.41, 5.74) is -0.344. The third-order valence-electron chi connectivity index (χ3n) is 8.95. The normalized spacial score (nSPS) is 58.7. The number of rotatable bonds is 0. The van der Waals surface area contributed by atoms with Crippen molar-refractivity contribution in [2.24, 2.45) is 34.5 Å². The minimum atomic E-state index is -0.857. The predicted molar refractivity (Wildman–Crippen MR) is 91.5 cm³/mol. The lowest BCUT2D eigenvalue weighted by molar-refractivity contribution is -0.143. The molecule has 128 valence electrons. The van der Waals surface area contributed by atoms with Crippen molar-refractivity contribution in [3.05, 3.63) is 0 Å². The van der Waals surface area contributed by atoms with E-state index in [0.29, 0.717) is 17.3 Å². The number of terminal acetylenes is 1.